The summed E-state index contributed by atoms with van der Waals surface area (Å²) in [5, 5.41) is 0. The van der Waals surface area contributed by atoms with E-state index < -0.39 is 29.7 Å². The van der Waals surface area contributed by atoms with Crippen LogP contribution in [0.2, 0.25) is 0 Å². The minimum absolute atomic E-state index is 0.0554. The normalized spacial score (nSPS) is 14.9. The van der Waals surface area contributed by atoms with Crippen LogP contribution in [0.25, 0.3) is 0 Å². The van der Waals surface area contributed by atoms with Gasteiger partial charge in [-0.1, -0.05) is 6.07 Å². The van der Waals surface area contributed by atoms with E-state index in [0.717, 1.165) is 4.90 Å². The van der Waals surface area contributed by atoms with Crippen molar-refractivity contribution in [3.8, 4) is 11.5 Å². The third-order valence-electron chi connectivity index (χ3n) is 6.01. The number of hydrogen-bond acceptors (Lipinski definition) is 8. The number of carbonyl (C=O) groups excluding carboxylic acids is 4. The Morgan fingerprint density at radius 2 is 1.68 bits per heavy atom. The van der Waals surface area contributed by atoms with Crippen LogP contribution in [0.3, 0.4) is 0 Å². The Bertz CT molecular complexity index is 1330. The van der Waals surface area contributed by atoms with E-state index in [1.807, 2.05) is 0 Å². The minimum atomic E-state index is -1.05. The van der Waals surface area contributed by atoms with Crippen molar-refractivity contribution < 1.29 is 33.4 Å². The van der Waals surface area contributed by atoms with E-state index in [0.29, 0.717) is 22.7 Å². The fourth-order valence-electron chi connectivity index (χ4n) is 4.14. The summed E-state index contributed by atoms with van der Waals surface area (Å²) in [6.07, 6.45) is 3.00. The molecule has 2 heterocycles. The van der Waals surface area contributed by atoms with Gasteiger partial charge in [0.2, 0.25) is 5.91 Å². The van der Waals surface area contributed by atoms with Gasteiger partial charge in [-0.2, -0.15) is 0 Å². The van der Waals surface area contributed by atoms with Crippen LogP contribution in [0.5, 0.6) is 11.5 Å². The Hall–Kier alpha value is -4.73. The molecule has 3 amide bonds. The van der Waals surface area contributed by atoms with Crippen molar-refractivity contribution in [2.45, 2.75) is 19.0 Å². The lowest BCUT2D eigenvalue weighted by Gasteiger charge is -2.28. The lowest BCUT2D eigenvalue weighted by molar-refractivity contribution is -0.122. The highest BCUT2D eigenvalue weighted by Crippen LogP contribution is 2.31. The molecule has 0 bridgehead atoms. The smallest absolute Gasteiger partial charge is 0.337 e. The van der Waals surface area contributed by atoms with Crippen LogP contribution in [-0.4, -0.2) is 60.9 Å². The molecule has 10 nitrogen and oxygen atoms in total. The predicted molar refractivity (Wildman–Crippen MR) is 132 cm³/mol. The number of ether oxygens (including phenoxy) is 3. The molecule has 1 atom stereocenters. The topological polar surface area (TPSA) is 115 Å². The number of hydrogen-bond donors (Lipinski definition) is 0. The zero-order valence-corrected chi connectivity index (χ0v) is 20.5. The SMILES string of the molecule is COC(=O)c1ccc(N2C(=O)CC(N(Cc3cccnc3)C(=O)c3ccc(OC)c(OC)c3)C2=O)cc1. The number of esters is 1. The molecule has 2 aromatic carbocycles. The lowest BCUT2D eigenvalue weighted by atomic mass is 10.1. The highest BCUT2D eigenvalue weighted by molar-refractivity contribution is 6.23. The molecule has 0 saturated carbocycles. The highest BCUT2D eigenvalue weighted by atomic mass is 16.5. The standard InChI is InChI=1S/C27H25N3O7/c1-35-22-11-8-19(13-23(22)36-2)25(32)29(16-17-5-4-12-28-15-17)21-14-24(31)30(26(21)33)20-9-6-18(7-10-20)27(34)37-3/h4-13,15,21H,14,16H2,1-3H3. The van der Waals surface area contributed by atoms with Crippen molar-refractivity contribution in [3.63, 3.8) is 0 Å². The third kappa shape index (κ3) is 5.13. The molecular formula is C27H25N3O7. The van der Waals surface area contributed by atoms with Gasteiger partial charge in [-0.15, -0.1) is 0 Å². The summed E-state index contributed by atoms with van der Waals surface area (Å²) in [5.74, 6) is -1.20. The molecule has 1 saturated heterocycles. The first-order valence-corrected chi connectivity index (χ1v) is 11.3. The van der Waals surface area contributed by atoms with E-state index in [1.165, 1.54) is 56.6 Å². The summed E-state index contributed by atoms with van der Waals surface area (Å²) in [4.78, 5) is 58.5. The van der Waals surface area contributed by atoms with Gasteiger partial charge in [-0.3, -0.25) is 19.4 Å². The van der Waals surface area contributed by atoms with Crippen LogP contribution in [0.15, 0.2) is 67.0 Å². The van der Waals surface area contributed by atoms with Gasteiger partial charge < -0.3 is 19.1 Å². The molecule has 1 aromatic heterocycles. The first-order valence-electron chi connectivity index (χ1n) is 11.3. The number of nitrogens with zero attached hydrogens (tertiary/aromatic N) is 3. The number of anilines is 1. The number of aromatic nitrogens is 1. The molecule has 1 fully saturated rings. The van der Waals surface area contributed by atoms with E-state index in [9.17, 15) is 19.2 Å². The van der Waals surface area contributed by atoms with Crippen molar-refractivity contribution >= 4 is 29.4 Å². The molecule has 190 valence electrons. The van der Waals surface area contributed by atoms with E-state index in [2.05, 4.69) is 4.98 Å². The van der Waals surface area contributed by atoms with Crippen molar-refractivity contribution in [2.24, 2.45) is 0 Å². The number of imide groups is 1. The quantitative estimate of drug-likeness (QED) is 0.340. The van der Waals surface area contributed by atoms with Gasteiger partial charge in [0.15, 0.2) is 11.5 Å². The third-order valence-corrected chi connectivity index (χ3v) is 6.01. The number of carbonyl (C=O) groups is 4. The number of methoxy groups -OCH3 is 3. The van der Waals surface area contributed by atoms with E-state index in [1.54, 1.807) is 36.7 Å². The maximum Gasteiger partial charge on any atom is 0.337 e. The maximum atomic E-state index is 13.7. The fourth-order valence-corrected chi connectivity index (χ4v) is 4.14. The molecule has 0 aliphatic carbocycles. The molecule has 1 aliphatic rings. The van der Waals surface area contributed by atoms with Crippen LogP contribution in [0, 0.1) is 0 Å². The summed E-state index contributed by atoms with van der Waals surface area (Å²) in [7, 11) is 4.21. The first-order chi connectivity index (χ1) is 17.9. The summed E-state index contributed by atoms with van der Waals surface area (Å²) >= 11 is 0. The first kappa shape index (κ1) is 25.4. The van der Waals surface area contributed by atoms with E-state index in [4.69, 9.17) is 14.2 Å². The van der Waals surface area contributed by atoms with Gasteiger partial charge in [-0.05, 0) is 54.1 Å². The van der Waals surface area contributed by atoms with E-state index >= 15 is 0 Å². The molecule has 10 heteroatoms. The maximum absolute atomic E-state index is 13.7. The Kier molecular flexibility index (Phi) is 7.47. The van der Waals surface area contributed by atoms with Gasteiger partial charge in [0.25, 0.3) is 11.8 Å². The molecular weight excluding hydrogens is 478 g/mol. The highest BCUT2D eigenvalue weighted by Gasteiger charge is 2.44. The number of rotatable bonds is 8. The number of benzene rings is 2. The van der Waals surface area contributed by atoms with Crippen LogP contribution >= 0.6 is 0 Å². The zero-order chi connectivity index (χ0) is 26.5. The van der Waals surface area contributed by atoms with Crippen molar-refractivity contribution in [3.05, 3.63) is 83.7 Å². The molecule has 1 aliphatic heterocycles. The summed E-state index contributed by atoms with van der Waals surface area (Å²) < 4.78 is 15.3. The summed E-state index contributed by atoms with van der Waals surface area (Å²) in [5.41, 5.74) is 1.54. The van der Waals surface area contributed by atoms with Crippen molar-refractivity contribution in [2.75, 3.05) is 26.2 Å². The summed E-state index contributed by atoms with van der Waals surface area (Å²) in [6, 6.07) is 13.1. The van der Waals surface area contributed by atoms with Crippen LogP contribution in [-0.2, 0) is 20.9 Å². The second kappa shape index (κ2) is 10.9. The fraction of sp³-hybridized carbons (Fsp3) is 0.222. The summed E-state index contributed by atoms with van der Waals surface area (Å²) in [6.45, 7) is 0.0554. The molecule has 37 heavy (non-hydrogen) atoms. The monoisotopic (exact) mass is 503 g/mol. The second-order valence-electron chi connectivity index (χ2n) is 8.19. The van der Waals surface area contributed by atoms with Gasteiger partial charge in [0.05, 0.1) is 39.0 Å². The Balaban J connectivity index is 1.68. The molecule has 1 unspecified atom stereocenters. The van der Waals surface area contributed by atoms with Crippen molar-refractivity contribution in [1.29, 1.82) is 0 Å². The van der Waals surface area contributed by atoms with Gasteiger partial charge in [-0.25, -0.2) is 9.69 Å². The minimum Gasteiger partial charge on any atom is -0.493 e. The lowest BCUT2D eigenvalue weighted by Crippen LogP contribution is -2.45. The molecule has 0 radical (unpaired) electrons. The van der Waals surface area contributed by atoms with Crippen LogP contribution < -0.4 is 14.4 Å². The van der Waals surface area contributed by atoms with Crippen LogP contribution in [0.1, 0.15) is 32.7 Å². The van der Waals surface area contributed by atoms with E-state index in [-0.39, 0.29) is 24.1 Å². The van der Waals surface area contributed by atoms with Gasteiger partial charge in [0, 0.05) is 24.5 Å². The van der Waals surface area contributed by atoms with Gasteiger partial charge in [0.1, 0.15) is 6.04 Å². The Labute approximate surface area is 213 Å². The average Bonchev–Trinajstić information content (AvgIpc) is 3.24. The Morgan fingerprint density at radius 1 is 0.973 bits per heavy atom. The average molecular weight is 504 g/mol. The Morgan fingerprint density at radius 3 is 2.30 bits per heavy atom. The molecule has 0 N–H and O–H groups in total. The zero-order valence-electron chi connectivity index (χ0n) is 20.5. The van der Waals surface area contributed by atoms with Gasteiger partial charge >= 0.3 is 5.97 Å². The largest absolute Gasteiger partial charge is 0.493 e. The molecule has 3 aromatic rings. The van der Waals surface area contributed by atoms with Crippen LogP contribution in [0.4, 0.5) is 5.69 Å². The predicted octanol–water partition coefficient (Wildman–Crippen LogP) is 2.86. The second-order valence-corrected chi connectivity index (χ2v) is 8.19. The number of pyridine rings is 1. The molecule has 4 rings (SSSR count). The molecule has 0 spiro atoms. The van der Waals surface area contributed by atoms with Crippen molar-refractivity contribution in [1.82, 2.24) is 9.88 Å². The number of amides is 3.